The maximum absolute atomic E-state index is 13.2. The number of hydrazone groups is 1. The van der Waals surface area contributed by atoms with Crippen molar-refractivity contribution in [2.45, 2.75) is 6.92 Å². The third-order valence-corrected chi connectivity index (χ3v) is 5.87. The van der Waals surface area contributed by atoms with Crippen LogP contribution in [0.3, 0.4) is 0 Å². The lowest BCUT2D eigenvalue weighted by Gasteiger charge is -2.27. The number of rotatable bonds is 9. The minimum atomic E-state index is -0.329. The largest absolute Gasteiger partial charge is 0.476 e. The molecule has 1 aromatic carbocycles. The molecule has 194 valence electrons. The lowest BCUT2D eigenvalue weighted by atomic mass is 10.1. The molecule has 2 aromatic rings. The highest BCUT2D eigenvalue weighted by Crippen LogP contribution is 2.19. The van der Waals surface area contributed by atoms with E-state index >= 15 is 0 Å². The van der Waals surface area contributed by atoms with Crippen LogP contribution in [0.4, 0.5) is 11.6 Å². The minimum absolute atomic E-state index is 0.247. The van der Waals surface area contributed by atoms with Crippen LogP contribution >= 0.6 is 0 Å². The van der Waals surface area contributed by atoms with Crippen LogP contribution in [-0.4, -0.2) is 111 Å². The zero-order chi connectivity index (χ0) is 25.3. The monoisotopic (exact) mass is 497 g/mol. The Balaban J connectivity index is 1.49. The van der Waals surface area contributed by atoms with Gasteiger partial charge in [-0.15, -0.1) is 0 Å². The van der Waals surface area contributed by atoms with Crippen LogP contribution in [0.15, 0.2) is 35.4 Å². The minimum Gasteiger partial charge on any atom is -0.476 e. The van der Waals surface area contributed by atoms with Crippen molar-refractivity contribution in [1.82, 2.24) is 19.9 Å². The van der Waals surface area contributed by atoms with Crippen LogP contribution < -0.4 is 15.0 Å². The first kappa shape index (κ1) is 25.8. The van der Waals surface area contributed by atoms with E-state index in [-0.39, 0.29) is 11.6 Å². The van der Waals surface area contributed by atoms with Gasteiger partial charge in [0.15, 0.2) is 0 Å². The fraction of sp³-hybridized carbons (Fsp3) is 0.520. The molecule has 36 heavy (non-hydrogen) atoms. The molecule has 4 rings (SSSR count). The Labute approximate surface area is 212 Å². The van der Waals surface area contributed by atoms with Gasteiger partial charge in [0.25, 0.3) is 5.91 Å². The van der Waals surface area contributed by atoms with E-state index in [2.05, 4.69) is 25.3 Å². The summed E-state index contributed by atoms with van der Waals surface area (Å²) in [5.41, 5.74) is 2.68. The summed E-state index contributed by atoms with van der Waals surface area (Å²) in [4.78, 5) is 26.7. The first-order chi connectivity index (χ1) is 17.5. The van der Waals surface area contributed by atoms with Gasteiger partial charge < -0.3 is 29.4 Å². The van der Waals surface area contributed by atoms with E-state index in [0.717, 1.165) is 44.1 Å². The summed E-state index contributed by atoms with van der Waals surface area (Å²) in [6.07, 6.45) is 0. The van der Waals surface area contributed by atoms with Crippen LogP contribution in [-0.2, 0) is 9.47 Å². The second-order valence-corrected chi connectivity index (χ2v) is 8.86. The fourth-order valence-electron chi connectivity index (χ4n) is 3.99. The molecule has 0 aliphatic carbocycles. The molecule has 0 saturated carbocycles. The number of nitrogens with one attached hydrogen (secondary N) is 1. The quantitative estimate of drug-likeness (QED) is 0.408. The summed E-state index contributed by atoms with van der Waals surface area (Å²) in [5.74, 6) is 0.520. The van der Waals surface area contributed by atoms with E-state index in [1.165, 1.54) is 0 Å². The summed E-state index contributed by atoms with van der Waals surface area (Å²) < 4.78 is 16.8. The normalized spacial score (nSPS) is 17.1. The average molecular weight is 498 g/mol. The number of hydrogen-bond acceptors (Lipinski definition) is 10. The second kappa shape index (κ2) is 12.6. The van der Waals surface area contributed by atoms with Crippen LogP contribution in [0.25, 0.3) is 0 Å². The summed E-state index contributed by atoms with van der Waals surface area (Å²) in [6, 6.07) is 9.18. The fourth-order valence-corrected chi connectivity index (χ4v) is 3.99. The Morgan fingerprint density at radius 1 is 1.08 bits per heavy atom. The Morgan fingerprint density at radius 2 is 1.81 bits per heavy atom. The molecule has 1 amide bonds. The molecule has 0 radical (unpaired) electrons. The highest BCUT2D eigenvalue weighted by Gasteiger charge is 2.20. The molecule has 1 N–H and O–H groups in total. The third kappa shape index (κ3) is 7.36. The number of ether oxygens (including phenoxy) is 3. The van der Waals surface area contributed by atoms with Crippen molar-refractivity contribution in [3.8, 4) is 5.88 Å². The highest BCUT2D eigenvalue weighted by atomic mass is 16.5. The maximum atomic E-state index is 13.2. The molecule has 2 fully saturated rings. The molecule has 2 aliphatic heterocycles. The Bertz CT molecular complexity index is 1050. The lowest BCUT2D eigenvalue weighted by molar-refractivity contribution is 0.0320. The lowest BCUT2D eigenvalue weighted by Crippen LogP contribution is -2.39. The van der Waals surface area contributed by atoms with Crippen LogP contribution in [0.2, 0.25) is 0 Å². The number of carbonyl (C=O) groups excluding carboxylic acids is 1. The number of nitrogens with zero attached hydrogens (tertiary/aromatic N) is 6. The third-order valence-electron chi connectivity index (χ3n) is 5.87. The van der Waals surface area contributed by atoms with Crippen molar-refractivity contribution in [2.75, 3.05) is 90.1 Å². The molecule has 11 heteroatoms. The molecule has 0 unspecified atom stereocenters. The van der Waals surface area contributed by atoms with Crippen molar-refractivity contribution in [2.24, 2.45) is 5.10 Å². The van der Waals surface area contributed by atoms with Gasteiger partial charge in [0, 0.05) is 58.6 Å². The predicted molar refractivity (Wildman–Crippen MR) is 138 cm³/mol. The number of aromatic nitrogens is 2. The molecule has 0 bridgehead atoms. The van der Waals surface area contributed by atoms with E-state index in [0.29, 0.717) is 50.4 Å². The van der Waals surface area contributed by atoms with Gasteiger partial charge in [0.2, 0.25) is 11.8 Å². The summed E-state index contributed by atoms with van der Waals surface area (Å²) >= 11 is 0. The van der Waals surface area contributed by atoms with E-state index in [9.17, 15) is 4.79 Å². The van der Waals surface area contributed by atoms with E-state index < -0.39 is 0 Å². The van der Waals surface area contributed by atoms with Gasteiger partial charge in [-0.05, 0) is 24.6 Å². The number of amides is 1. The van der Waals surface area contributed by atoms with Gasteiger partial charge in [-0.2, -0.15) is 10.1 Å². The van der Waals surface area contributed by atoms with E-state index in [4.69, 9.17) is 14.2 Å². The predicted octanol–water partition coefficient (Wildman–Crippen LogP) is 1.56. The zero-order valence-corrected chi connectivity index (χ0v) is 21.3. The van der Waals surface area contributed by atoms with Crippen molar-refractivity contribution in [1.29, 1.82) is 0 Å². The van der Waals surface area contributed by atoms with E-state index in [1.54, 1.807) is 11.1 Å². The Morgan fingerprint density at radius 3 is 2.53 bits per heavy atom. The molecule has 0 spiro atoms. The zero-order valence-electron chi connectivity index (χ0n) is 21.3. The second-order valence-electron chi connectivity index (χ2n) is 8.86. The Hall–Kier alpha value is -3.28. The number of anilines is 2. The van der Waals surface area contributed by atoms with Gasteiger partial charge in [-0.1, -0.05) is 12.1 Å². The van der Waals surface area contributed by atoms with Crippen LogP contribution in [0, 0.1) is 0 Å². The van der Waals surface area contributed by atoms with Gasteiger partial charge >= 0.3 is 0 Å². The molecule has 11 nitrogen and oxygen atoms in total. The molecular weight excluding hydrogens is 462 g/mol. The van der Waals surface area contributed by atoms with Gasteiger partial charge in [-0.25, -0.2) is 4.98 Å². The Kier molecular flexibility index (Phi) is 9.04. The summed E-state index contributed by atoms with van der Waals surface area (Å²) in [5, 5.41) is 9.14. The van der Waals surface area contributed by atoms with Crippen molar-refractivity contribution in [3.05, 3.63) is 41.6 Å². The summed E-state index contributed by atoms with van der Waals surface area (Å²) in [7, 11) is 3.74. The topological polar surface area (TPSA) is 105 Å². The van der Waals surface area contributed by atoms with Gasteiger partial charge in [-0.3, -0.25) is 9.69 Å². The highest BCUT2D eigenvalue weighted by molar-refractivity contribution is 6.04. The number of carbonyl (C=O) groups is 1. The van der Waals surface area contributed by atoms with Crippen molar-refractivity contribution >= 4 is 23.3 Å². The van der Waals surface area contributed by atoms with Crippen molar-refractivity contribution in [3.63, 3.8) is 0 Å². The first-order valence-electron chi connectivity index (χ1n) is 12.3. The molecule has 2 saturated heterocycles. The van der Waals surface area contributed by atoms with Crippen LogP contribution in [0.1, 0.15) is 23.0 Å². The molecule has 3 heterocycles. The van der Waals surface area contributed by atoms with E-state index in [1.807, 2.05) is 50.2 Å². The van der Waals surface area contributed by atoms with Gasteiger partial charge in [0.05, 0.1) is 32.1 Å². The molecule has 2 aliphatic rings. The SMILES string of the molecule is C/C(=N\N(C)C)c1cccc(NC(=O)c2cc(OCCN3CCOCC3)nc(N3CCOCC3)n2)c1. The van der Waals surface area contributed by atoms with Gasteiger partial charge in [0.1, 0.15) is 12.3 Å². The average Bonchev–Trinajstić information content (AvgIpc) is 2.89. The van der Waals surface area contributed by atoms with Crippen molar-refractivity contribution < 1.29 is 19.0 Å². The van der Waals surface area contributed by atoms with Crippen LogP contribution in [0.5, 0.6) is 5.88 Å². The molecular formula is C25H35N7O4. The molecule has 1 aromatic heterocycles. The summed E-state index contributed by atoms with van der Waals surface area (Å²) in [6.45, 7) is 8.91. The smallest absolute Gasteiger partial charge is 0.274 e. The number of benzene rings is 1. The molecule has 0 atom stereocenters. The maximum Gasteiger partial charge on any atom is 0.274 e. The number of morpholine rings is 2. The first-order valence-corrected chi connectivity index (χ1v) is 12.3. The standard InChI is InChI=1S/C25H35N7O4/c1-19(29-30(2)3)20-5-4-6-21(17-20)26-24(33)22-18-23(36-16-9-31-7-12-34-13-8-31)28-25(27-22)32-10-14-35-15-11-32/h4-6,17-18H,7-16H2,1-3H3,(H,26,33)/b29-19+. The number of hydrogen-bond donors (Lipinski definition) is 1.